The molecule has 84 valence electrons. The SMILES string of the molecule is CCCn1ncnc1Cn1ccc(C=O)c1. The van der Waals surface area contributed by atoms with Gasteiger partial charge >= 0.3 is 0 Å². The minimum atomic E-state index is 0.647. The Balaban J connectivity index is 2.13. The Hall–Kier alpha value is -1.91. The first kappa shape index (κ1) is 10.6. The number of hydrogen-bond donors (Lipinski definition) is 0. The minimum Gasteiger partial charge on any atom is -0.346 e. The molecule has 2 aromatic rings. The van der Waals surface area contributed by atoms with Crippen LogP contribution in [0.5, 0.6) is 0 Å². The van der Waals surface area contributed by atoms with E-state index in [1.807, 2.05) is 15.4 Å². The molecule has 0 radical (unpaired) electrons. The Labute approximate surface area is 93.7 Å². The van der Waals surface area contributed by atoms with Crippen molar-refractivity contribution in [2.24, 2.45) is 0 Å². The summed E-state index contributed by atoms with van der Waals surface area (Å²) in [5.74, 6) is 0.912. The van der Waals surface area contributed by atoms with Crippen molar-refractivity contribution in [3.63, 3.8) is 0 Å². The fourth-order valence-electron chi connectivity index (χ4n) is 1.60. The van der Waals surface area contributed by atoms with Gasteiger partial charge in [0.05, 0.1) is 6.54 Å². The molecule has 2 aromatic heterocycles. The number of rotatable bonds is 5. The third-order valence-corrected chi connectivity index (χ3v) is 2.36. The molecular weight excluding hydrogens is 204 g/mol. The van der Waals surface area contributed by atoms with Crippen LogP contribution in [0.2, 0.25) is 0 Å². The number of aryl methyl sites for hydroxylation is 1. The van der Waals surface area contributed by atoms with Crippen molar-refractivity contribution < 1.29 is 4.79 Å². The van der Waals surface area contributed by atoms with Crippen molar-refractivity contribution in [1.29, 1.82) is 0 Å². The molecule has 0 fully saturated rings. The van der Waals surface area contributed by atoms with Gasteiger partial charge < -0.3 is 4.57 Å². The summed E-state index contributed by atoms with van der Waals surface area (Å²) in [7, 11) is 0. The maximum atomic E-state index is 10.5. The average molecular weight is 218 g/mol. The number of hydrogen-bond acceptors (Lipinski definition) is 3. The van der Waals surface area contributed by atoms with Gasteiger partial charge in [0.15, 0.2) is 6.29 Å². The van der Waals surface area contributed by atoms with Crippen LogP contribution in [0.1, 0.15) is 29.5 Å². The zero-order valence-electron chi connectivity index (χ0n) is 9.21. The molecule has 16 heavy (non-hydrogen) atoms. The molecule has 0 N–H and O–H groups in total. The highest BCUT2D eigenvalue weighted by molar-refractivity contribution is 5.74. The molecule has 0 aliphatic rings. The van der Waals surface area contributed by atoms with Crippen LogP contribution in [0.25, 0.3) is 0 Å². The molecule has 0 aromatic carbocycles. The zero-order valence-corrected chi connectivity index (χ0v) is 9.21. The third kappa shape index (κ3) is 2.18. The number of aldehydes is 1. The molecule has 2 heterocycles. The zero-order chi connectivity index (χ0) is 11.4. The summed E-state index contributed by atoms with van der Waals surface area (Å²) in [6.45, 7) is 3.62. The van der Waals surface area contributed by atoms with Crippen molar-refractivity contribution in [1.82, 2.24) is 19.3 Å². The smallest absolute Gasteiger partial charge is 0.151 e. The molecule has 0 amide bonds. The van der Waals surface area contributed by atoms with E-state index >= 15 is 0 Å². The maximum Gasteiger partial charge on any atom is 0.151 e. The molecule has 2 rings (SSSR count). The van der Waals surface area contributed by atoms with Crippen LogP contribution in [0.15, 0.2) is 24.8 Å². The van der Waals surface area contributed by atoms with Gasteiger partial charge in [-0.1, -0.05) is 6.92 Å². The molecule has 0 saturated carbocycles. The van der Waals surface area contributed by atoms with E-state index in [2.05, 4.69) is 17.0 Å². The van der Waals surface area contributed by atoms with Crippen LogP contribution >= 0.6 is 0 Å². The second-order valence-electron chi connectivity index (χ2n) is 3.63. The standard InChI is InChI=1S/C11H14N4O/c1-2-4-15-11(12-9-13-15)7-14-5-3-10(6-14)8-16/h3,5-6,8-9H,2,4,7H2,1H3. The molecule has 5 heteroatoms. The molecule has 0 spiro atoms. The van der Waals surface area contributed by atoms with Gasteiger partial charge in [-0.15, -0.1) is 0 Å². The van der Waals surface area contributed by atoms with Gasteiger partial charge in [-0.3, -0.25) is 4.79 Å². The normalized spacial score (nSPS) is 10.6. The van der Waals surface area contributed by atoms with E-state index in [1.54, 1.807) is 18.6 Å². The lowest BCUT2D eigenvalue weighted by Crippen LogP contribution is -2.08. The van der Waals surface area contributed by atoms with E-state index in [1.165, 1.54) is 0 Å². The summed E-state index contributed by atoms with van der Waals surface area (Å²) in [6, 6.07) is 1.79. The quantitative estimate of drug-likeness (QED) is 0.712. The van der Waals surface area contributed by atoms with Crippen LogP contribution < -0.4 is 0 Å². The lowest BCUT2D eigenvalue weighted by Gasteiger charge is -2.04. The van der Waals surface area contributed by atoms with Crippen LogP contribution in [0, 0.1) is 0 Å². The van der Waals surface area contributed by atoms with Crippen molar-refractivity contribution in [2.45, 2.75) is 26.4 Å². The lowest BCUT2D eigenvalue weighted by molar-refractivity contribution is 0.112. The van der Waals surface area contributed by atoms with Gasteiger partial charge in [0, 0.05) is 24.5 Å². The fraction of sp³-hybridized carbons (Fsp3) is 0.364. The Morgan fingerprint density at radius 2 is 2.38 bits per heavy atom. The molecule has 5 nitrogen and oxygen atoms in total. The van der Waals surface area contributed by atoms with E-state index in [4.69, 9.17) is 0 Å². The summed E-state index contributed by atoms with van der Waals surface area (Å²) >= 11 is 0. The van der Waals surface area contributed by atoms with Crippen molar-refractivity contribution >= 4 is 6.29 Å². The molecule has 0 saturated heterocycles. The van der Waals surface area contributed by atoms with Gasteiger partial charge in [0.1, 0.15) is 12.2 Å². The molecule has 0 aliphatic carbocycles. The van der Waals surface area contributed by atoms with Gasteiger partial charge in [-0.25, -0.2) is 9.67 Å². The van der Waals surface area contributed by atoms with Gasteiger partial charge in [-0.2, -0.15) is 5.10 Å². The van der Waals surface area contributed by atoms with Crippen molar-refractivity contribution in [3.05, 3.63) is 36.2 Å². The first-order valence-electron chi connectivity index (χ1n) is 5.31. The Morgan fingerprint density at radius 3 is 3.06 bits per heavy atom. The molecule has 0 aliphatic heterocycles. The highest BCUT2D eigenvalue weighted by Crippen LogP contribution is 2.03. The molecule has 0 bridgehead atoms. The topological polar surface area (TPSA) is 52.7 Å². The first-order chi connectivity index (χ1) is 7.83. The number of carbonyl (C=O) groups is 1. The predicted molar refractivity (Wildman–Crippen MR) is 59.2 cm³/mol. The second kappa shape index (κ2) is 4.74. The van der Waals surface area contributed by atoms with Crippen molar-refractivity contribution in [3.8, 4) is 0 Å². The highest BCUT2D eigenvalue weighted by Gasteiger charge is 2.04. The number of nitrogens with zero attached hydrogens (tertiary/aromatic N) is 4. The van der Waals surface area contributed by atoms with Crippen LogP contribution in [-0.2, 0) is 13.1 Å². The maximum absolute atomic E-state index is 10.5. The second-order valence-corrected chi connectivity index (χ2v) is 3.63. The monoisotopic (exact) mass is 218 g/mol. The predicted octanol–water partition coefficient (Wildman–Crippen LogP) is 1.35. The van der Waals surface area contributed by atoms with E-state index < -0.39 is 0 Å². The summed E-state index contributed by atoms with van der Waals surface area (Å²) < 4.78 is 3.82. The molecule has 0 unspecified atom stereocenters. The van der Waals surface area contributed by atoms with Crippen LogP contribution in [0.4, 0.5) is 0 Å². The Kier molecular flexibility index (Phi) is 3.14. The van der Waals surface area contributed by atoms with E-state index in [-0.39, 0.29) is 0 Å². The highest BCUT2D eigenvalue weighted by atomic mass is 16.1. The Morgan fingerprint density at radius 1 is 1.50 bits per heavy atom. The van der Waals surface area contributed by atoms with E-state index in [0.717, 1.165) is 25.1 Å². The minimum absolute atomic E-state index is 0.647. The van der Waals surface area contributed by atoms with Gasteiger partial charge in [0.2, 0.25) is 0 Å². The van der Waals surface area contributed by atoms with Crippen molar-refractivity contribution in [2.75, 3.05) is 0 Å². The van der Waals surface area contributed by atoms with Gasteiger partial charge in [-0.05, 0) is 12.5 Å². The number of aromatic nitrogens is 4. The Bertz CT molecular complexity index is 472. The molecule has 0 atom stereocenters. The summed E-state index contributed by atoms with van der Waals surface area (Å²) in [5, 5.41) is 4.15. The average Bonchev–Trinajstić information content (AvgIpc) is 2.90. The largest absolute Gasteiger partial charge is 0.346 e. The van der Waals surface area contributed by atoms with Crippen LogP contribution in [-0.4, -0.2) is 25.6 Å². The summed E-state index contributed by atoms with van der Waals surface area (Å²) in [5.41, 5.74) is 0.682. The summed E-state index contributed by atoms with van der Waals surface area (Å²) in [4.78, 5) is 14.8. The molecular formula is C11H14N4O. The van der Waals surface area contributed by atoms with E-state index in [0.29, 0.717) is 12.1 Å². The third-order valence-electron chi connectivity index (χ3n) is 2.36. The van der Waals surface area contributed by atoms with Crippen LogP contribution in [0.3, 0.4) is 0 Å². The first-order valence-corrected chi connectivity index (χ1v) is 5.31. The van der Waals surface area contributed by atoms with E-state index in [9.17, 15) is 4.79 Å². The van der Waals surface area contributed by atoms with Gasteiger partial charge in [0.25, 0.3) is 0 Å². The fourth-order valence-corrected chi connectivity index (χ4v) is 1.60. The summed E-state index contributed by atoms with van der Waals surface area (Å²) in [6.07, 6.45) is 7.11. The number of carbonyl (C=O) groups excluding carboxylic acids is 1. The lowest BCUT2D eigenvalue weighted by atomic mass is 10.4.